The van der Waals surface area contributed by atoms with Gasteiger partial charge >= 0.3 is 0 Å². The Morgan fingerprint density at radius 1 is 1.06 bits per heavy atom. The van der Waals surface area contributed by atoms with E-state index in [-0.39, 0.29) is 5.69 Å². The number of para-hydroxylation sites is 1. The van der Waals surface area contributed by atoms with E-state index >= 15 is 0 Å². The number of hydrogen-bond donors (Lipinski definition) is 1. The average Bonchev–Trinajstić information content (AvgIpc) is 2.24. The molecule has 1 heterocycles. The summed E-state index contributed by atoms with van der Waals surface area (Å²) in [4.78, 5) is 3.98. The summed E-state index contributed by atoms with van der Waals surface area (Å²) in [5, 5.41) is 3.40. The molecule has 5 heteroatoms. The highest BCUT2D eigenvalue weighted by atomic mass is 35.5. The maximum atomic E-state index is 13.4. The summed E-state index contributed by atoms with van der Waals surface area (Å²) in [6.45, 7) is 0. The van der Waals surface area contributed by atoms with Crippen LogP contribution in [0.25, 0.3) is 0 Å². The van der Waals surface area contributed by atoms with E-state index in [0.29, 0.717) is 16.0 Å². The van der Waals surface area contributed by atoms with Gasteiger partial charge in [0.25, 0.3) is 0 Å². The Bertz CT molecular complexity index is 497. The summed E-state index contributed by atoms with van der Waals surface area (Å²) >= 11 is 11.6. The van der Waals surface area contributed by atoms with Gasteiger partial charge in [-0.05, 0) is 24.3 Å². The van der Waals surface area contributed by atoms with Crippen LogP contribution in [-0.4, -0.2) is 4.98 Å². The first kappa shape index (κ1) is 11.2. The summed E-state index contributed by atoms with van der Waals surface area (Å²) in [5.41, 5.74) is 0.193. The van der Waals surface area contributed by atoms with Crippen LogP contribution in [0.5, 0.6) is 0 Å². The molecule has 0 radical (unpaired) electrons. The van der Waals surface area contributed by atoms with E-state index < -0.39 is 5.82 Å². The lowest BCUT2D eigenvalue weighted by atomic mass is 10.3. The Morgan fingerprint density at radius 3 is 2.50 bits per heavy atom. The van der Waals surface area contributed by atoms with E-state index in [1.54, 1.807) is 24.3 Å². The predicted octanol–water partition coefficient (Wildman–Crippen LogP) is 4.27. The molecule has 16 heavy (non-hydrogen) atoms. The zero-order valence-electron chi connectivity index (χ0n) is 8.05. The van der Waals surface area contributed by atoms with Crippen molar-refractivity contribution in [2.75, 3.05) is 5.32 Å². The fourth-order valence-electron chi connectivity index (χ4n) is 1.22. The SMILES string of the molecule is Fc1cccc(Cl)c1Nc1cccc(Cl)n1. The molecular formula is C11H7Cl2FN2. The minimum atomic E-state index is -0.436. The minimum absolute atomic E-state index is 0.193. The Morgan fingerprint density at radius 2 is 1.81 bits per heavy atom. The molecule has 0 saturated carbocycles. The number of nitrogens with one attached hydrogen (secondary N) is 1. The van der Waals surface area contributed by atoms with E-state index in [0.717, 1.165) is 0 Å². The second-order valence-electron chi connectivity index (χ2n) is 3.07. The van der Waals surface area contributed by atoms with Crippen molar-refractivity contribution in [3.63, 3.8) is 0 Å². The third kappa shape index (κ3) is 2.43. The summed E-state index contributed by atoms with van der Waals surface area (Å²) in [5.74, 6) is 0.00813. The highest BCUT2D eigenvalue weighted by Gasteiger charge is 2.07. The Balaban J connectivity index is 2.34. The van der Waals surface area contributed by atoms with Gasteiger partial charge in [-0.25, -0.2) is 9.37 Å². The topological polar surface area (TPSA) is 24.9 Å². The largest absolute Gasteiger partial charge is 0.337 e. The molecule has 1 aromatic heterocycles. The van der Waals surface area contributed by atoms with Gasteiger partial charge in [0, 0.05) is 0 Å². The normalized spacial score (nSPS) is 10.2. The summed E-state index contributed by atoms with van der Waals surface area (Å²) in [6.07, 6.45) is 0. The van der Waals surface area contributed by atoms with Crippen LogP contribution >= 0.6 is 23.2 Å². The number of hydrogen-bond acceptors (Lipinski definition) is 2. The molecule has 2 rings (SSSR count). The lowest BCUT2D eigenvalue weighted by molar-refractivity contribution is 0.632. The monoisotopic (exact) mass is 256 g/mol. The fraction of sp³-hybridized carbons (Fsp3) is 0. The second kappa shape index (κ2) is 4.68. The Hall–Kier alpha value is -1.32. The molecule has 0 spiro atoms. The minimum Gasteiger partial charge on any atom is -0.337 e. The molecule has 82 valence electrons. The smallest absolute Gasteiger partial charge is 0.148 e. The van der Waals surface area contributed by atoms with E-state index in [1.165, 1.54) is 12.1 Å². The first-order valence-electron chi connectivity index (χ1n) is 4.50. The van der Waals surface area contributed by atoms with E-state index in [1.807, 2.05) is 0 Å². The maximum Gasteiger partial charge on any atom is 0.148 e. The quantitative estimate of drug-likeness (QED) is 0.812. The highest BCUT2D eigenvalue weighted by molar-refractivity contribution is 6.33. The van der Waals surface area contributed by atoms with Gasteiger partial charge in [0.05, 0.1) is 10.7 Å². The van der Waals surface area contributed by atoms with Gasteiger partial charge in [-0.1, -0.05) is 35.3 Å². The van der Waals surface area contributed by atoms with Gasteiger partial charge in [0.15, 0.2) is 0 Å². The zero-order chi connectivity index (χ0) is 11.5. The molecule has 1 aromatic carbocycles. The number of halogens is 3. The molecule has 0 fully saturated rings. The van der Waals surface area contributed by atoms with E-state index in [2.05, 4.69) is 10.3 Å². The number of anilines is 2. The standard InChI is InChI=1S/C11H7Cl2FN2/c12-7-3-1-4-8(14)11(7)16-10-6-2-5-9(13)15-10/h1-6H,(H,15,16). The van der Waals surface area contributed by atoms with Crippen LogP contribution in [-0.2, 0) is 0 Å². The Kier molecular flexibility index (Phi) is 3.27. The van der Waals surface area contributed by atoms with Crippen LogP contribution in [0.4, 0.5) is 15.9 Å². The van der Waals surface area contributed by atoms with Crippen molar-refractivity contribution in [2.45, 2.75) is 0 Å². The predicted molar refractivity (Wildman–Crippen MR) is 63.9 cm³/mol. The molecule has 0 aliphatic heterocycles. The molecule has 0 aliphatic rings. The maximum absolute atomic E-state index is 13.4. The van der Waals surface area contributed by atoms with Gasteiger partial charge in [0.1, 0.15) is 16.8 Å². The molecule has 1 N–H and O–H groups in total. The Labute approximate surface area is 102 Å². The van der Waals surface area contributed by atoms with Gasteiger partial charge in [-0.2, -0.15) is 0 Å². The third-order valence-electron chi connectivity index (χ3n) is 1.93. The number of pyridine rings is 1. The fourth-order valence-corrected chi connectivity index (χ4v) is 1.60. The van der Waals surface area contributed by atoms with E-state index in [4.69, 9.17) is 23.2 Å². The number of rotatable bonds is 2. The van der Waals surface area contributed by atoms with Crippen LogP contribution in [0, 0.1) is 5.82 Å². The van der Waals surface area contributed by atoms with Crippen LogP contribution in [0.2, 0.25) is 10.2 Å². The van der Waals surface area contributed by atoms with Crippen LogP contribution in [0.15, 0.2) is 36.4 Å². The van der Waals surface area contributed by atoms with Crippen LogP contribution < -0.4 is 5.32 Å². The number of nitrogens with zero attached hydrogens (tertiary/aromatic N) is 1. The second-order valence-corrected chi connectivity index (χ2v) is 3.86. The molecule has 0 aliphatic carbocycles. The third-order valence-corrected chi connectivity index (χ3v) is 2.46. The molecule has 0 unspecified atom stereocenters. The van der Waals surface area contributed by atoms with Gasteiger partial charge in [-0.3, -0.25) is 0 Å². The van der Waals surface area contributed by atoms with Crippen molar-refractivity contribution in [1.82, 2.24) is 4.98 Å². The summed E-state index contributed by atoms with van der Waals surface area (Å²) < 4.78 is 13.4. The summed E-state index contributed by atoms with van der Waals surface area (Å²) in [7, 11) is 0. The molecular weight excluding hydrogens is 250 g/mol. The van der Waals surface area contributed by atoms with Crippen molar-refractivity contribution in [3.05, 3.63) is 52.4 Å². The first-order chi connectivity index (χ1) is 7.66. The molecule has 2 aromatic rings. The molecule has 0 amide bonds. The lowest BCUT2D eigenvalue weighted by Crippen LogP contribution is -1.96. The van der Waals surface area contributed by atoms with Gasteiger partial charge < -0.3 is 5.32 Å². The highest BCUT2D eigenvalue weighted by Crippen LogP contribution is 2.27. The van der Waals surface area contributed by atoms with Crippen LogP contribution in [0.3, 0.4) is 0 Å². The van der Waals surface area contributed by atoms with Gasteiger partial charge in [0.2, 0.25) is 0 Å². The zero-order valence-corrected chi connectivity index (χ0v) is 9.56. The number of benzene rings is 1. The van der Waals surface area contributed by atoms with Crippen LogP contribution in [0.1, 0.15) is 0 Å². The lowest BCUT2D eigenvalue weighted by Gasteiger charge is -2.08. The van der Waals surface area contributed by atoms with Crippen molar-refractivity contribution < 1.29 is 4.39 Å². The summed E-state index contributed by atoms with van der Waals surface area (Å²) in [6, 6.07) is 9.47. The average molecular weight is 257 g/mol. The molecule has 0 bridgehead atoms. The van der Waals surface area contributed by atoms with Crippen molar-refractivity contribution in [2.24, 2.45) is 0 Å². The van der Waals surface area contributed by atoms with E-state index in [9.17, 15) is 4.39 Å². The van der Waals surface area contributed by atoms with Crippen molar-refractivity contribution >= 4 is 34.7 Å². The molecule has 0 saturated heterocycles. The molecule has 2 nitrogen and oxygen atoms in total. The van der Waals surface area contributed by atoms with Crippen molar-refractivity contribution in [1.29, 1.82) is 0 Å². The van der Waals surface area contributed by atoms with Crippen molar-refractivity contribution in [3.8, 4) is 0 Å². The van der Waals surface area contributed by atoms with Gasteiger partial charge in [-0.15, -0.1) is 0 Å². The number of aromatic nitrogens is 1. The first-order valence-corrected chi connectivity index (χ1v) is 5.26. The molecule has 0 atom stereocenters.